The Kier molecular flexibility index (Phi) is 4.38. The van der Waals surface area contributed by atoms with Crippen molar-refractivity contribution in [1.82, 2.24) is 14.8 Å². The molecule has 0 saturated carbocycles. The van der Waals surface area contributed by atoms with Gasteiger partial charge in [0.1, 0.15) is 5.82 Å². The zero-order valence-corrected chi connectivity index (χ0v) is 12.6. The maximum absolute atomic E-state index is 4.55. The molecular formula is C16H23N5. The zero-order valence-electron chi connectivity index (χ0n) is 12.6. The number of hydrogen-bond acceptors (Lipinski definition) is 4. The molecule has 1 N–H and O–H groups in total. The van der Waals surface area contributed by atoms with Crippen LogP contribution in [0.2, 0.25) is 0 Å². The van der Waals surface area contributed by atoms with Gasteiger partial charge in [0, 0.05) is 37.9 Å². The predicted octanol–water partition coefficient (Wildman–Crippen LogP) is 2.90. The molecule has 5 heteroatoms. The van der Waals surface area contributed by atoms with E-state index in [0.717, 1.165) is 44.1 Å². The Bertz CT molecular complexity index is 554. The lowest BCUT2D eigenvalue weighted by Crippen LogP contribution is -2.18. The Morgan fingerprint density at radius 3 is 2.76 bits per heavy atom. The first-order valence-electron chi connectivity index (χ1n) is 7.81. The molecule has 3 rings (SSSR count). The number of anilines is 2. The van der Waals surface area contributed by atoms with E-state index in [2.05, 4.69) is 45.6 Å². The molecule has 112 valence electrons. The van der Waals surface area contributed by atoms with Crippen molar-refractivity contribution in [1.29, 1.82) is 0 Å². The molecule has 0 aromatic carbocycles. The molecule has 1 aliphatic rings. The highest BCUT2D eigenvalue weighted by molar-refractivity contribution is 5.49. The first-order chi connectivity index (χ1) is 10.3. The van der Waals surface area contributed by atoms with Gasteiger partial charge in [0.15, 0.2) is 0 Å². The summed E-state index contributed by atoms with van der Waals surface area (Å²) < 4.78 is 1.99. The third kappa shape index (κ3) is 3.54. The van der Waals surface area contributed by atoms with Gasteiger partial charge in [-0.2, -0.15) is 5.10 Å². The zero-order chi connectivity index (χ0) is 14.5. The molecule has 0 spiro atoms. The monoisotopic (exact) mass is 285 g/mol. The average molecular weight is 285 g/mol. The summed E-state index contributed by atoms with van der Waals surface area (Å²) in [6.45, 7) is 6.19. The normalized spacial score (nSPS) is 14.6. The van der Waals surface area contributed by atoms with Gasteiger partial charge in [-0.25, -0.2) is 4.98 Å². The summed E-state index contributed by atoms with van der Waals surface area (Å²) in [5, 5.41) is 7.74. The van der Waals surface area contributed by atoms with E-state index >= 15 is 0 Å². The Morgan fingerprint density at radius 2 is 2.05 bits per heavy atom. The first kappa shape index (κ1) is 13.9. The number of aryl methyl sites for hydroxylation is 1. The van der Waals surface area contributed by atoms with Crippen molar-refractivity contribution in [3.63, 3.8) is 0 Å². The van der Waals surface area contributed by atoms with E-state index in [1.807, 2.05) is 17.1 Å². The van der Waals surface area contributed by atoms with Gasteiger partial charge in [0.25, 0.3) is 0 Å². The van der Waals surface area contributed by atoms with Gasteiger partial charge in [-0.15, -0.1) is 0 Å². The van der Waals surface area contributed by atoms with Crippen LogP contribution < -0.4 is 10.2 Å². The summed E-state index contributed by atoms with van der Waals surface area (Å²) in [7, 11) is 0. The Balaban J connectivity index is 1.54. The maximum atomic E-state index is 4.55. The quantitative estimate of drug-likeness (QED) is 0.886. The molecule has 3 heterocycles. The fraction of sp³-hybridized carbons (Fsp3) is 0.500. The van der Waals surface area contributed by atoms with Gasteiger partial charge >= 0.3 is 0 Å². The SMILES string of the molecule is CCCn1cc(CNc2ccc(N3CCCC3)nc2)cn1. The molecule has 0 radical (unpaired) electrons. The van der Waals surface area contributed by atoms with E-state index < -0.39 is 0 Å². The van der Waals surface area contributed by atoms with Gasteiger partial charge in [-0.05, 0) is 31.4 Å². The van der Waals surface area contributed by atoms with Crippen LogP contribution >= 0.6 is 0 Å². The van der Waals surface area contributed by atoms with Crippen LogP contribution in [0.25, 0.3) is 0 Å². The van der Waals surface area contributed by atoms with Crippen LogP contribution in [0.5, 0.6) is 0 Å². The van der Waals surface area contributed by atoms with Gasteiger partial charge in [0.05, 0.1) is 18.1 Å². The van der Waals surface area contributed by atoms with Crippen LogP contribution in [0.1, 0.15) is 31.7 Å². The standard InChI is InChI=1S/C16H23N5/c1-2-7-21-13-14(11-19-21)10-17-15-5-6-16(18-12-15)20-8-3-4-9-20/h5-6,11-13,17H,2-4,7-10H2,1H3. The van der Waals surface area contributed by atoms with Crippen molar-refractivity contribution in [3.05, 3.63) is 36.3 Å². The third-order valence-electron chi connectivity index (χ3n) is 3.81. The molecule has 0 atom stereocenters. The molecule has 0 amide bonds. The molecule has 21 heavy (non-hydrogen) atoms. The van der Waals surface area contributed by atoms with Crippen LogP contribution in [-0.2, 0) is 13.1 Å². The van der Waals surface area contributed by atoms with Crippen LogP contribution in [0.4, 0.5) is 11.5 Å². The Morgan fingerprint density at radius 1 is 1.19 bits per heavy atom. The van der Waals surface area contributed by atoms with Crippen LogP contribution in [0, 0.1) is 0 Å². The topological polar surface area (TPSA) is 46.0 Å². The number of nitrogens with zero attached hydrogens (tertiary/aromatic N) is 4. The van der Waals surface area contributed by atoms with E-state index in [9.17, 15) is 0 Å². The van der Waals surface area contributed by atoms with Gasteiger partial charge in [-0.3, -0.25) is 4.68 Å². The van der Waals surface area contributed by atoms with Crippen molar-refractivity contribution >= 4 is 11.5 Å². The van der Waals surface area contributed by atoms with Crippen molar-refractivity contribution in [3.8, 4) is 0 Å². The number of aromatic nitrogens is 3. The van der Waals surface area contributed by atoms with Crippen molar-refractivity contribution in [2.45, 2.75) is 39.3 Å². The number of pyridine rings is 1. The highest BCUT2D eigenvalue weighted by atomic mass is 15.3. The summed E-state index contributed by atoms with van der Waals surface area (Å²) in [6, 6.07) is 4.21. The van der Waals surface area contributed by atoms with Crippen LogP contribution in [0.15, 0.2) is 30.7 Å². The smallest absolute Gasteiger partial charge is 0.128 e. The molecule has 1 saturated heterocycles. The minimum atomic E-state index is 0.786. The van der Waals surface area contributed by atoms with E-state index in [-0.39, 0.29) is 0 Å². The minimum Gasteiger partial charge on any atom is -0.380 e. The van der Waals surface area contributed by atoms with Gasteiger partial charge in [0.2, 0.25) is 0 Å². The van der Waals surface area contributed by atoms with Crippen molar-refractivity contribution in [2.75, 3.05) is 23.3 Å². The predicted molar refractivity (Wildman–Crippen MR) is 85.5 cm³/mol. The molecule has 2 aromatic rings. The molecule has 1 fully saturated rings. The Labute approximate surface area is 126 Å². The average Bonchev–Trinajstić information content (AvgIpc) is 3.18. The summed E-state index contributed by atoms with van der Waals surface area (Å²) in [4.78, 5) is 6.90. The summed E-state index contributed by atoms with van der Waals surface area (Å²) >= 11 is 0. The van der Waals surface area contributed by atoms with Crippen LogP contribution in [-0.4, -0.2) is 27.9 Å². The van der Waals surface area contributed by atoms with E-state index in [1.165, 1.54) is 18.4 Å². The van der Waals surface area contributed by atoms with E-state index in [1.54, 1.807) is 0 Å². The fourth-order valence-corrected chi connectivity index (χ4v) is 2.68. The third-order valence-corrected chi connectivity index (χ3v) is 3.81. The van der Waals surface area contributed by atoms with Crippen molar-refractivity contribution < 1.29 is 0 Å². The molecule has 0 aliphatic carbocycles. The van der Waals surface area contributed by atoms with Crippen molar-refractivity contribution in [2.24, 2.45) is 0 Å². The highest BCUT2D eigenvalue weighted by Crippen LogP contribution is 2.19. The summed E-state index contributed by atoms with van der Waals surface area (Å²) in [5.74, 6) is 1.09. The second kappa shape index (κ2) is 6.61. The minimum absolute atomic E-state index is 0.786. The van der Waals surface area contributed by atoms with Gasteiger partial charge < -0.3 is 10.2 Å². The molecule has 0 unspecified atom stereocenters. The highest BCUT2D eigenvalue weighted by Gasteiger charge is 2.12. The largest absolute Gasteiger partial charge is 0.380 e. The van der Waals surface area contributed by atoms with Crippen LogP contribution in [0.3, 0.4) is 0 Å². The molecule has 2 aromatic heterocycles. The molecule has 1 aliphatic heterocycles. The number of nitrogens with one attached hydrogen (secondary N) is 1. The molecule has 5 nitrogen and oxygen atoms in total. The lowest BCUT2D eigenvalue weighted by atomic mass is 10.3. The summed E-state index contributed by atoms with van der Waals surface area (Å²) in [5.41, 5.74) is 2.26. The molecule has 0 bridgehead atoms. The van der Waals surface area contributed by atoms with E-state index in [4.69, 9.17) is 0 Å². The number of hydrogen-bond donors (Lipinski definition) is 1. The maximum Gasteiger partial charge on any atom is 0.128 e. The summed E-state index contributed by atoms with van der Waals surface area (Å²) in [6.07, 6.45) is 9.62. The second-order valence-corrected chi connectivity index (χ2v) is 5.56. The lowest BCUT2D eigenvalue weighted by Gasteiger charge is -2.16. The van der Waals surface area contributed by atoms with E-state index in [0.29, 0.717) is 0 Å². The first-order valence-corrected chi connectivity index (χ1v) is 7.81. The number of rotatable bonds is 6. The molecular weight excluding hydrogens is 262 g/mol. The second-order valence-electron chi connectivity index (χ2n) is 5.56. The fourth-order valence-electron chi connectivity index (χ4n) is 2.68. The lowest BCUT2D eigenvalue weighted by molar-refractivity contribution is 0.602. The van der Waals surface area contributed by atoms with Gasteiger partial charge in [-0.1, -0.05) is 6.92 Å². The Hall–Kier alpha value is -2.04.